The maximum Gasteiger partial charge on any atom is 0.243 e. The molecule has 0 radical (unpaired) electrons. The first-order chi connectivity index (χ1) is 18.4. The molecule has 0 aliphatic heterocycles. The number of carbonyl (C=O) groups excluding carboxylic acids is 2. The molecule has 0 spiro atoms. The molecule has 0 aliphatic rings. The molecule has 0 heterocycles. The SMILES string of the molecule is CC(C)CNC(=O)[C@@H](Cc1ccccc1)N(Cc1ccc(Cl)cc1Cl)C(=O)CCc1ccc(C(C)(C)C)cc1. The number of nitrogens with zero attached hydrogens (tertiary/aromatic N) is 1. The van der Waals surface area contributed by atoms with Crippen molar-refractivity contribution in [3.8, 4) is 0 Å². The van der Waals surface area contributed by atoms with Crippen LogP contribution in [0.15, 0.2) is 72.8 Å². The summed E-state index contributed by atoms with van der Waals surface area (Å²) >= 11 is 12.7. The maximum absolute atomic E-state index is 13.9. The Bertz CT molecular complexity index is 1230. The van der Waals surface area contributed by atoms with Gasteiger partial charge in [0.2, 0.25) is 11.8 Å². The Hall–Kier alpha value is -2.82. The molecule has 3 rings (SSSR count). The summed E-state index contributed by atoms with van der Waals surface area (Å²) in [6.45, 7) is 11.4. The number of halogens is 2. The number of benzene rings is 3. The van der Waals surface area contributed by atoms with E-state index in [1.807, 2.05) is 50.2 Å². The molecule has 3 aromatic carbocycles. The Morgan fingerprint density at radius 2 is 1.56 bits per heavy atom. The minimum atomic E-state index is -0.686. The van der Waals surface area contributed by atoms with E-state index in [1.165, 1.54) is 5.56 Å². The lowest BCUT2D eigenvalue weighted by molar-refractivity contribution is -0.141. The van der Waals surface area contributed by atoms with Gasteiger partial charge in [-0.15, -0.1) is 0 Å². The summed E-state index contributed by atoms with van der Waals surface area (Å²) in [4.78, 5) is 29.1. The van der Waals surface area contributed by atoms with Crippen molar-refractivity contribution >= 4 is 35.0 Å². The van der Waals surface area contributed by atoms with Crippen LogP contribution in [0.3, 0.4) is 0 Å². The monoisotopic (exact) mass is 566 g/mol. The minimum Gasteiger partial charge on any atom is -0.354 e. The average Bonchev–Trinajstić information content (AvgIpc) is 2.89. The van der Waals surface area contributed by atoms with Crippen LogP contribution in [-0.4, -0.2) is 29.3 Å². The summed E-state index contributed by atoms with van der Waals surface area (Å²) in [5, 5.41) is 4.05. The van der Waals surface area contributed by atoms with Gasteiger partial charge in [-0.2, -0.15) is 0 Å². The molecule has 1 N–H and O–H groups in total. The molecule has 3 aromatic rings. The van der Waals surface area contributed by atoms with Gasteiger partial charge in [0, 0.05) is 36.0 Å². The van der Waals surface area contributed by atoms with Crippen molar-refractivity contribution in [1.29, 1.82) is 0 Å². The first-order valence-corrected chi connectivity index (χ1v) is 14.3. The highest BCUT2D eigenvalue weighted by Crippen LogP contribution is 2.26. The molecule has 0 saturated carbocycles. The number of nitrogens with one attached hydrogen (secondary N) is 1. The number of aryl methyl sites for hydroxylation is 1. The third-order valence-corrected chi connectivity index (χ3v) is 7.35. The van der Waals surface area contributed by atoms with Crippen molar-refractivity contribution in [2.75, 3.05) is 6.54 Å². The molecule has 208 valence electrons. The molecule has 6 heteroatoms. The highest BCUT2D eigenvalue weighted by molar-refractivity contribution is 6.35. The lowest BCUT2D eigenvalue weighted by Crippen LogP contribution is -2.51. The Morgan fingerprint density at radius 3 is 2.15 bits per heavy atom. The van der Waals surface area contributed by atoms with Crippen LogP contribution in [0.2, 0.25) is 10.0 Å². The molecule has 1 atom stereocenters. The average molecular weight is 568 g/mol. The molecular formula is C33H40Cl2N2O2. The second-order valence-corrected chi connectivity index (χ2v) is 12.4. The quantitative estimate of drug-likeness (QED) is 0.259. The van der Waals surface area contributed by atoms with Crippen LogP contribution < -0.4 is 5.32 Å². The first-order valence-electron chi connectivity index (χ1n) is 13.6. The first kappa shape index (κ1) is 30.7. The van der Waals surface area contributed by atoms with Gasteiger partial charge < -0.3 is 10.2 Å². The number of amides is 2. The van der Waals surface area contributed by atoms with E-state index in [-0.39, 0.29) is 36.1 Å². The molecular weight excluding hydrogens is 527 g/mol. The van der Waals surface area contributed by atoms with Crippen molar-refractivity contribution in [3.63, 3.8) is 0 Å². The van der Waals surface area contributed by atoms with Crippen LogP contribution in [0.1, 0.15) is 63.3 Å². The van der Waals surface area contributed by atoms with Crippen molar-refractivity contribution in [2.45, 2.75) is 71.9 Å². The molecule has 0 unspecified atom stereocenters. The molecule has 0 fully saturated rings. The fraction of sp³-hybridized carbons (Fsp3) is 0.394. The number of carbonyl (C=O) groups is 2. The second-order valence-electron chi connectivity index (χ2n) is 11.5. The van der Waals surface area contributed by atoms with Crippen molar-refractivity contribution in [3.05, 3.63) is 105 Å². The second kappa shape index (κ2) is 14.0. The van der Waals surface area contributed by atoms with Crippen molar-refractivity contribution in [1.82, 2.24) is 10.2 Å². The summed E-state index contributed by atoms with van der Waals surface area (Å²) in [6.07, 6.45) is 1.27. The number of hydrogen-bond donors (Lipinski definition) is 1. The summed E-state index contributed by atoms with van der Waals surface area (Å²) in [5.74, 6) is 0.0271. The third-order valence-electron chi connectivity index (χ3n) is 6.76. The van der Waals surface area contributed by atoms with E-state index in [0.717, 1.165) is 16.7 Å². The van der Waals surface area contributed by atoms with E-state index in [2.05, 4.69) is 50.4 Å². The Labute approximate surface area is 243 Å². The zero-order chi connectivity index (χ0) is 28.6. The molecule has 0 aromatic heterocycles. The summed E-state index contributed by atoms with van der Waals surface area (Å²) < 4.78 is 0. The normalized spacial score (nSPS) is 12.3. The van der Waals surface area contributed by atoms with Gasteiger partial charge in [-0.25, -0.2) is 0 Å². The van der Waals surface area contributed by atoms with E-state index >= 15 is 0 Å². The van der Waals surface area contributed by atoms with Gasteiger partial charge in [-0.05, 0) is 52.1 Å². The summed E-state index contributed by atoms with van der Waals surface area (Å²) in [5.41, 5.74) is 4.14. The molecule has 0 aliphatic carbocycles. The lowest BCUT2D eigenvalue weighted by atomic mass is 9.86. The van der Waals surface area contributed by atoms with E-state index in [0.29, 0.717) is 29.4 Å². The van der Waals surface area contributed by atoms with Gasteiger partial charge >= 0.3 is 0 Å². The molecule has 2 amide bonds. The largest absolute Gasteiger partial charge is 0.354 e. The molecule has 0 bridgehead atoms. The van der Waals surface area contributed by atoms with Gasteiger partial charge in [-0.1, -0.05) is 118 Å². The van der Waals surface area contributed by atoms with Crippen LogP contribution >= 0.6 is 23.2 Å². The maximum atomic E-state index is 13.9. The van der Waals surface area contributed by atoms with Crippen molar-refractivity contribution < 1.29 is 9.59 Å². The highest BCUT2D eigenvalue weighted by Gasteiger charge is 2.30. The predicted molar refractivity (Wildman–Crippen MR) is 162 cm³/mol. The highest BCUT2D eigenvalue weighted by atomic mass is 35.5. The van der Waals surface area contributed by atoms with Crippen LogP contribution in [0.4, 0.5) is 0 Å². The summed E-state index contributed by atoms with van der Waals surface area (Å²) in [7, 11) is 0. The molecule has 0 saturated heterocycles. The van der Waals surface area contributed by atoms with Crippen LogP contribution in [0, 0.1) is 5.92 Å². The molecule has 4 nitrogen and oxygen atoms in total. The predicted octanol–water partition coefficient (Wildman–Crippen LogP) is 7.64. The Kier molecular flexibility index (Phi) is 11.0. The zero-order valence-electron chi connectivity index (χ0n) is 23.6. The standard InChI is InChI=1S/C33H40Cl2N2O2/c1-23(2)21-36-32(39)30(19-25-9-7-6-8-10-25)37(22-26-14-17-28(34)20-29(26)35)31(38)18-13-24-11-15-27(16-12-24)33(3,4)5/h6-12,14-17,20,23,30H,13,18-19,21-22H2,1-5H3,(H,36,39)/t30-/m1/s1. The van der Waals surface area contributed by atoms with Gasteiger partial charge in [0.25, 0.3) is 0 Å². The van der Waals surface area contributed by atoms with E-state index < -0.39 is 6.04 Å². The Morgan fingerprint density at radius 1 is 0.897 bits per heavy atom. The fourth-order valence-electron chi connectivity index (χ4n) is 4.38. The number of rotatable bonds is 11. The lowest BCUT2D eigenvalue weighted by Gasteiger charge is -2.32. The van der Waals surface area contributed by atoms with Crippen molar-refractivity contribution in [2.24, 2.45) is 5.92 Å². The third kappa shape index (κ3) is 9.40. The van der Waals surface area contributed by atoms with Gasteiger partial charge in [0.05, 0.1) is 0 Å². The smallest absolute Gasteiger partial charge is 0.243 e. The Balaban J connectivity index is 1.90. The van der Waals surface area contributed by atoms with Gasteiger partial charge in [0.1, 0.15) is 6.04 Å². The zero-order valence-corrected chi connectivity index (χ0v) is 25.1. The van der Waals surface area contributed by atoms with E-state index in [4.69, 9.17) is 23.2 Å². The fourth-order valence-corrected chi connectivity index (χ4v) is 4.84. The van der Waals surface area contributed by atoms with E-state index in [1.54, 1.807) is 17.0 Å². The van der Waals surface area contributed by atoms with Crippen LogP contribution in [0.25, 0.3) is 0 Å². The van der Waals surface area contributed by atoms with Gasteiger partial charge in [-0.3, -0.25) is 9.59 Å². The van der Waals surface area contributed by atoms with Gasteiger partial charge in [0.15, 0.2) is 0 Å². The summed E-state index contributed by atoms with van der Waals surface area (Å²) in [6, 6.07) is 22.8. The van der Waals surface area contributed by atoms with Crippen LogP contribution in [0.5, 0.6) is 0 Å². The topological polar surface area (TPSA) is 49.4 Å². The molecule has 39 heavy (non-hydrogen) atoms. The number of hydrogen-bond acceptors (Lipinski definition) is 2. The van der Waals surface area contributed by atoms with Crippen LogP contribution in [-0.2, 0) is 34.4 Å². The minimum absolute atomic E-state index is 0.0665. The van der Waals surface area contributed by atoms with E-state index in [9.17, 15) is 9.59 Å².